The van der Waals surface area contributed by atoms with Crippen molar-refractivity contribution < 1.29 is 9.53 Å². The Morgan fingerprint density at radius 1 is 1.15 bits per heavy atom. The first-order valence-electron chi connectivity index (χ1n) is 9.14. The first-order valence-corrected chi connectivity index (χ1v) is 9.14. The van der Waals surface area contributed by atoms with Crippen molar-refractivity contribution in [3.63, 3.8) is 0 Å². The van der Waals surface area contributed by atoms with Gasteiger partial charge in [0.25, 0.3) is 0 Å². The molecule has 2 unspecified atom stereocenters. The highest BCUT2D eigenvalue weighted by Gasteiger charge is 2.20. The molecule has 0 bridgehead atoms. The molecular formula is C21H26N4O2. The fraction of sp³-hybridized carbons (Fsp3) is 0.381. The molecule has 27 heavy (non-hydrogen) atoms. The number of aromatic nitrogens is 3. The van der Waals surface area contributed by atoms with Gasteiger partial charge in [-0.1, -0.05) is 37.3 Å². The van der Waals surface area contributed by atoms with E-state index in [1.165, 1.54) is 0 Å². The molecule has 142 valence electrons. The largest absolute Gasteiger partial charge is 0.496 e. The predicted molar refractivity (Wildman–Crippen MR) is 106 cm³/mol. The van der Waals surface area contributed by atoms with E-state index in [0.29, 0.717) is 6.54 Å². The highest BCUT2D eigenvalue weighted by Crippen LogP contribution is 2.31. The van der Waals surface area contributed by atoms with Crippen LogP contribution < -0.4 is 10.1 Å². The Labute approximate surface area is 159 Å². The molecule has 2 atom stereocenters. The summed E-state index contributed by atoms with van der Waals surface area (Å²) in [6.07, 6.45) is 0. The number of hydrogen-bond acceptors (Lipinski definition) is 4. The van der Waals surface area contributed by atoms with Crippen LogP contribution in [-0.2, 0) is 11.3 Å². The number of benzene rings is 2. The standard InChI is InChI=1S/C21H26N4O2/c1-13(12-25-16(4)23-15(3)24-25)21(26)22-14(2)17-10-11-20(27-5)19-9-7-6-8-18(17)19/h6-11,13-14H,12H2,1-5H3,(H,22,26). The van der Waals surface area contributed by atoms with E-state index in [0.717, 1.165) is 33.7 Å². The van der Waals surface area contributed by atoms with Gasteiger partial charge in [0.15, 0.2) is 0 Å². The predicted octanol–water partition coefficient (Wildman–Crippen LogP) is 3.57. The molecule has 1 N–H and O–H groups in total. The molecule has 0 saturated heterocycles. The smallest absolute Gasteiger partial charge is 0.225 e. The molecule has 0 aliphatic rings. The summed E-state index contributed by atoms with van der Waals surface area (Å²) in [7, 11) is 1.67. The average molecular weight is 366 g/mol. The maximum absolute atomic E-state index is 12.7. The molecule has 2 aromatic carbocycles. The topological polar surface area (TPSA) is 69.0 Å². The second-order valence-electron chi connectivity index (χ2n) is 6.92. The highest BCUT2D eigenvalue weighted by molar-refractivity contribution is 5.92. The van der Waals surface area contributed by atoms with Crippen molar-refractivity contribution in [2.75, 3.05) is 7.11 Å². The second-order valence-corrected chi connectivity index (χ2v) is 6.92. The number of nitrogens with one attached hydrogen (secondary N) is 1. The third kappa shape index (κ3) is 3.94. The first kappa shape index (κ1) is 18.9. The monoisotopic (exact) mass is 366 g/mol. The van der Waals surface area contributed by atoms with E-state index in [-0.39, 0.29) is 17.9 Å². The van der Waals surface area contributed by atoms with Crippen LogP contribution in [0.2, 0.25) is 0 Å². The summed E-state index contributed by atoms with van der Waals surface area (Å²) in [5, 5.41) is 9.60. The fourth-order valence-electron chi connectivity index (χ4n) is 3.36. The lowest BCUT2D eigenvalue weighted by Crippen LogP contribution is -2.34. The van der Waals surface area contributed by atoms with Gasteiger partial charge < -0.3 is 10.1 Å². The van der Waals surface area contributed by atoms with E-state index < -0.39 is 0 Å². The molecule has 0 radical (unpaired) electrons. The zero-order valence-electron chi connectivity index (χ0n) is 16.5. The number of rotatable bonds is 6. The summed E-state index contributed by atoms with van der Waals surface area (Å²) in [6, 6.07) is 11.9. The summed E-state index contributed by atoms with van der Waals surface area (Å²) in [5.74, 6) is 2.16. The number of carbonyl (C=O) groups excluding carboxylic acids is 1. The molecule has 3 rings (SSSR count). The molecule has 1 amide bonds. The van der Waals surface area contributed by atoms with Crippen LogP contribution in [0.5, 0.6) is 5.75 Å². The minimum atomic E-state index is -0.211. The summed E-state index contributed by atoms with van der Waals surface area (Å²) >= 11 is 0. The zero-order chi connectivity index (χ0) is 19.6. The number of hydrogen-bond donors (Lipinski definition) is 1. The van der Waals surface area contributed by atoms with E-state index >= 15 is 0 Å². The van der Waals surface area contributed by atoms with Crippen LogP contribution in [0.15, 0.2) is 36.4 Å². The number of amides is 1. The van der Waals surface area contributed by atoms with E-state index in [9.17, 15) is 4.79 Å². The van der Waals surface area contributed by atoms with Crippen molar-refractivity contribution in [2.45, 2.75) is 40.3 Å². The van der Waals surface area contributed by atoms with Gasteiger partial charge >= 0.3 is 0 Å². The number of fused-ring (bicyclic) bond motifs is 1. The number of ether oxygens (including phenoxy) is 1. The molecule has 3 aromatic rings. The van der Waals surface area contributed by atoms with Gasteiger partial charge in [-0.2, -0.15) is 5.10 Å². The first-order chi connectivity index (χ1) is 12.9. The average Bonchev–Trinajstić information content (AvgIpc) is 2.97. The van der Waals surface area contributed by atoms with E-state index in [1.54, 1.807) is 11.8 Å². The number of methoxy groups -OCH3 is 1. The Morgan fingerprint density at radius 3 is 2.48 bits per heavy atom. The molecule has 6 heteroatoms. The SMILES string of the molecule is COc1ccc(C(C)NC(=O)C(C)Cn2nc(C)nc2C)c2ccccc12. The Kier molecular flexibility index (Phi) is 5.44. The number of aryl methyl sites for hydroxylation is 2. The molecule has 0 aliphatic heterocycles. The molecular weight excluding hydrogens is 340 g/mol. The van der Waals surface area contributed by atoms with E-state index in [4.69, 9.17) is 4.74 Å². The van der Waals surface area contributed by atoms with Gasteiger partial charge in [-0.05, 0) is 37.8 Å². The maximum atomic E-state index is 12.7. The van der Waals surface area contributed by atoms with Gasteiger partial charge in [0.1, 0.15) is 17.4 Å². The van der Waals surface area contributed by atoms with Gasteiger partial charge in [0.2, 0.25) is 5.91 Å². The van der Waals surface area contributed by atoms with Gasteiger partial charge in [-0.25, -0.2) is 9.67 Å². The van der Waals surface area contributed by atoms with Crippen molar-refractivity contribution in [1.29, 1.82) is 0 Å². The van der Waals surface area contributed by atoms with Crippen molar-refractivity contribution in [3.05, 3.63) is 53.6 Å². The van der Waals surface area contributed by atoms with Crippen LogP contribution >= 0.6 is 0 Å². The Hall–Kier alpha value is -2.89. The van der Waals surface area contributed by atoms with Gasteiger partial charge in [-0.3, -0.25) is 4.79 Å². The van der Waals surface area contributed by atoms with Crippen LogP contribution in [0.3, 0.4) is 0 Å². The summed E-state index contributed by atoms with van der Waals surface area (Å²) in [4.78, 5) is 17.0. The molecule has 1 heterocycles. The van der Waals surface area contributed by atoms with Gasteiger partial charge in [-0.15, -0.1) is 0 Å². The molecule has 1 aromatic heterocycles. The summed E-state index contributed by atoms with van der Waals surface area (Å²) in [6.45, 7) is 8.17. The summed E-state index contributed by atoms with van der Waals surface area (Å²) < 4.78 is 7.24. The Morgan fingerprint density at radius 2 is 1.85 bits per heavy atom. The van der Waals surface area contributed by atoms with Crippen LogP contribution in [0, 0.1) is 19.8 Å². The van der Waals surface area contributed by atoms with Crippen molar-refractivity contribution in [3.8, 4) is 5.75 Å². The van der Waals surface area contributed by atoms with Crippen molar-refractivity contribution in [1.82, 2.24) is 20.1 Å². The maximum Gasteiger partial charge on any atom is 0.225 e. The van der Waals surface area contributed by atoms with Crippen LogP contribution in [-0.4, -0.2) is 27.8 Å². The highest BCUT2D eigenvalue weighted by atomic mass is 16.5. The van der Waals surface area contributed by atoms with Crippen molar-refractivity contribution in [2.24, 2.45) is 5.92 Å². The van der Waals surface area contributed by atoms with Gasteiger partial charge in [0, 0.05) is 5.39 Å². The zero-order valence-corrected chi connectivity index (χ0v) is 16.5. The number of carbonyl (C=O) groups is 1. The van der Waals surface area contributed by atoms with Crippen LogP contribution in [0.1, 0.15) is 37.1 Å². The number of nitrogens with zero attached hydrogens (tertiary/aromatic N) is 3. The van der Waals surface area contributed by atoms with Crippen LogP contribution in [0.4, 0.5) is 0 Å². The molecule has 0 aliphatic carbocycles. The third-order valence-corrected chi connectivity index (χ3v) is 4.82. The minimum absolute atomic E-state index is 0.00467. The molecule has 0 fully saturated rings. The lowest BCUT2D eigenvalue weighted by Gasteiger charge is -2.20. The van der Waals surface area contributed by atoms with Crippen molar-refractivity contribution >= 4 is 16.7 Å². The normalized spacial score (nSPS) is 13.4. The van der Waals surface area contributed by atoms with E-state index in [2.05, 4.69) is 21.5 Å². The second kappa shape index (κ2) is 7.78. The molecule has 0 spiro atoms. The third-order valence-electron chi connectivity index (χ3n) is 4.82. The van der Waals surface area contributed by atoms with Crippen LogP contribution in [0.25, 0.3) is 10.8 Å². The Bertz CT molecular complexity index is 964. The van der Waals surface area contributed by atoms with E-state index in [1.807, 2.05) is 58.0 Å². The lowest BCUT2D eigenvalue weighted by atomic mass is 9.98. The molecule has 0 saturated carbocycles. The fourth-order valence-corrected chi connectivity index (χ4v) is 3.36. The Balaban J connectivity index is 1.77. The minimum Gasteiger partial charge on any atom is -0.496 e. The molecule has 6 nitrogen and oxygen atoms in total. The van der Waals surface area contributed by atoms with Gasteiger partial charge in [0.05, 0.1) is 25.6 Å². The summed E-state index contributed by atoms with van der Waals surface area (Å²) in [5.41, 5.74) is 1.07. The lowest BCUT2D eigenvalue weighted by molar-refractivity contribution is -0.125. The quantitative estimate of drug-likeness (QED) is 0.724.